The molecule has 0 saturated carbocycles. The summed E-state index contributed by atoms with van der Waals surface area (Å²) in [6.45, 7) is 11.9. The van der Waals surface area contributed by atoms with Gasteiger partial charge in [0.2, 0.25) is 0 Å². The fraction of sp³-hybridized carbons (Fsp3) is 0.949. The predicted molar refractivity (Wildman–Crippen MR) is 395 cm³/mol. The standard InChI is InChI=1S/C78H152O17P2/c1-8-9-10-11-12-13-31-38-45-52-59-75(80)88-65-73(95-78(83)62-55-48-41-34-27-26-30-37-44-51-58-71(6)7)67-92-96(84,85)90-63-72(79)64-91-97(86,87)93-68-74(66-89-76(81)60-53-46-39-32-24-21-20-23-29-36-43-50-57-70(4)5)94-77(82)61-54-47-40-33-25-19-17-15-14-16-18-22-28-35-42-49-56-69(2)3/h69-74,79H,8-68H2,1-7H3,(H,84,85)(H,86,87)/t72-,73+,74+/m0/s1. The van der Waals surface area contributed by atoms with E-state index in [1.165, 1.54) is 212 Å². The van der Waals surface area contributed by atoms with Crippen molar-refractivity contribution in [3.8, 4) is 0 Å². The first-order valence-electron chi connectivity index (χ1n) is 40.3. The number of phosphoric ester groups is 2. The van der Waals surface area contributed by atoms with Crippen molar-refractivity contribution in [3.05, 3.63) is 0 Å². The molecule has 5 atom stereocenters. The van der Waals surface area contributed by atoms with Gasteiger partial charge in [-0.05, 0) is 43.4 Å². The summed E-state index contributed by atoms with van der Waals surface area (Å²) in [5.74, 6) is 0.229. The highest BCUT2D eigenvalue weighted by atomic mass is 31.2. The number of ether oxygens (including phenoxy) is 4. The van der Waals surface area contributed by atoms with Crippen molar-refractivity contribution >= 4 is 39.5 Å². The molecule has 3 N–H and O–H groups in total. The fourth-order valence-electron chi connectivity index (χ4n) is 12.0. The monoisotopic (exact) mass is 1420 g/mol. The van der Waals surface area contributed by atoms with Gasteiger partial charge in [0.1, 0.15) is 19.3 Å². The van der Waals surface area contributed by atoms with Crippen LogP contribution in [0.15, 0.2) is 0 Å². The molecule has 17 nitrogen and oxygen atoms in total. The minimum absolute atomic E-state index is 0.106. The number of aliphatic hydroxyl groups excluding tert-OH is 1. The number of unbranched alkanes of at least 4 members (excludes halogenated alkanes) is 44. The van der Waals surface area contributed by atoms with E-state index in [2.05, 4.69) is 48.5 Å². The summed E-state index contributed by atoms with van der Waals surface area (Å²) in [6.07, 6.45) is 55.4. The predicted octanol–water partition coefficient (Wildman–Crippen LogP) is 23.0. The second-order valence-electron chi connectivity index (χ2n) is 29.5. The molecule has 576 valence electrons. The quantitative estimate of drug-likeness (QED) is 0.0222. The number of carbonyl (C=O) groups is 4. The largest absolute Gasteiger partial charge is 0.472 e. The van der Waals surface area contributed by atoms with E-state index in [1.54, 1.807) is 0 Å². The molecule has 0 aromatic heterocycles. The van der Waals surface area contributed by atoms with E-state index in [0.717, 1.165) is 108 Å². The lowest BCUT2D eigenvalue weighted by Gasteiger charge is -2.21. The van der Waals surface area contributed by atoms with Crippen molar-refractivity contribution in [2.45, 2.75) is 420 Å². The van der Waals surface area contributed by atoms with Gasteiger partial charge in [-0.2, -0.15) is 0 Å². The average molecular weight is 1420 g/mol. The Kier molecular flexibility index (Phi) is 67.1. The highest BCUT2D eigenvalue weighted by molar-refractivity contribution is 7.47. The molecular weight excluding hydrogens is 1270 g/mol. The summed E-state index contributed by atoms with van der Waals surface area (Å²) < 4.78 is 68.6. The molecule has 0 bridgehead atoms. The summed E-state index contributed by atoms with van der Waals surface area (Å²) in [5.41, 5.74) is 0. The molecule has 0 spiro atoms. The van der Waals surface area contributed by atoms with Crippen molar-refractivity contribution in [1.82, 2.24) is 0 Å². The lowest BCUT2D eigenvalue weighted by molar-refractivity contribution is -0.161. The van der Waals surface area contributed by atoms with Crippen molar-refractivity contribution in [2.24, 2.45) is 17.8 Å². The molecule has 97 heavy (non-hydrogen) atoms. The molecule has 0 radical (unpaired) electrons. The topological polar surface area (TPSA) is 237 Å². The number of hydrogen-bond acceptors (Lipinski definition) is 15. The SMILES string of the molecule is CCCCCCCCCCCCC(=O)OC[C@H](COP(=O)(O)OC[C@H](O)COP(=O)(O)OC[C@@H](COC(=O)CCCCCCCCCCCCCCC(C)C)OC(=O)CCCCCCCCCCCCCCCCCCC(C)C)OC(=O)CCCCCCCCCCCCC(C)C. The normalized spacial score (nSPS) is 14.0. The Labute approximate surface area is 594 Å². The molecule has 0 rings (SSSR count). The van der Waals surface area contributed by atoms with Crippen LogP contribution in [0.2, 0.25) is 0 Å². The van der Waals surface area contributed by atoms with E-state index in [9.17, 15) is 43.2 Å². The molecule has 19 heteroatoms. The van der Waals surface area contributed by atoms with Gasteiger partial charge in [-0.15, -0.1) is 0 Å². The highest BCUT2D eigenvalue weighted by Gasteiger charge is 2.30. The van der Waals surface area contributed by atoms with Crippen molar-refractivity contribution < 1.29 is 80.2 Å². The van der Waals surface area contributed by atoms with Gasteiger partial charge in [0, 0.05) is 25.7 Å². The second kappa shape index (κ2) is 68.5. The maximum atomic E-state index is 13.1. The maximum Gasteiger partial charge on any atom is 0.472 e. The second-order valence-corrected chi connectivity index (χ2v) is 32.4. The first kappa shape index (κ1) is 95.1. The molecule has 0 saturated heterocycles. The van der Waals surface area contributed by atoms with Crippen LogP contribution in [0.4, 0.5) is 0 Å². The molecule has 0 fully saturated rings. The molecule has 0 heterocycles. The molecule has 0 aromatic carbocycles. The lowest BCUT2D eigenvalue weighted by atomic mass is 10.0. The van der Waals surface area contributed by atoms with Crippen molar-refractivity contribution in [2.75, 3.05) is 39.6 Å². The first-order chi connectivity index (χ1) is 46.7. The molecular formula is C78H152O17P2. The summed E-state index contributed by atoms with van der Waals surface area (Å²) in [7, 11) is -9.91. The van der Waals surface area contributed by atoms with Crippen LogP contribution in [-0.2, 0) is 65.4 Å². The van der Waals surface area contributed by atoms with Crippen LogP contribution < -0.4 is 0 Å². The van der Waals surface area contributed by atoms with E-state index in [-0.39, 0.29) is 25.7 Å². The smallest absolute Gasteiger partial charge is 0.462 e. The zero-order valence-corrected chi connectivity index (χ0v) is 65.3. The lowest BCUT2D eigenvalue weighted by Crippen LogP contribution is -2.30. The van der Waals surface area contributed by atoms with E-state index < -0.39 is 97.5 Å². The average Bonchev–Trinajstić information content (AvgIpc) is 3.08. The Morgan fingerprint density at radius 1 is 0.278 bits per heavy atom. The molecule has 0 aliphatic rings. The Hall–Kier alpha value is -1.94. The number of phosphoric acid groups is 2. The molecule has 2 unspecified atom stereocenters. The van der Waals surface area contributed by atoms with Gasteiger partial charge in [0.05, 0.1) is 26.4 Å². The van der Waals surface area contributed by atoms with Gasteiger partial charge in [0.25, 0.3) is 0 Å². The Morgan fingerprint density at radius 3 is 0.701 bits per heavy atom. The van der Waals surface area contributed by atoms with Crippen molar-refractivity contribution in [1.29, 1.82) is 0 Å². The maximum absolute atomic E-state index is 13.1. The van der Waals surface area contributed by atoms with Crippen LogP contribution in [0.1, 0.15) is 402 Å². The van der Waals surface area contributed by atoms with Crippen LogP contribution in [0.5, 0.6) is 0 Å². The number of carbonyl (C=O) groups excluding carboxylic acids is 4. The third-order valence-electron chi connectivity index (χ3n) is 18.1. The number of rotatable bonds is 76. The summed E-state index contributed by atoms with van der Waals surface area (Å²) in [6, 6.07) is 0. The van der Waals surface area contributed by atoms with Gasteiger partial charge in [-0.25, -0.2) is 9.13 Å². The number of aliphatic hydroxyl groups is 1. The Morgan fingerprint density at radius 2 is 0.474 bits per heavy atom. The molecule has 0 aliphatic carbocycles. The van der Waals surface area contributed by atoms with E-state index >= 15 is 0 Å². The Bertz CT molecular complexity index is 1890. The highest BCUT2D eigenvalue weighted by Crippen LogP contribution is 2.45. The zero-order chi connectivity index (χ0) is 71.6. The van der Waals surface area contributed by atoms with Crippen LogP contribution in [0, 0.1) is 17.8 Å². The minimum atomic E-state index is -4.96. The van der Waals surface area contributed by atoms with E-state index in [1.807, 2.05) is 0 Å². The number of esters is 4. The number of hydrogen-bond donors (Lipinski definition) is 3. The summed E-state index contributed by atoms with van der Waals surface area (Å²) >= 11 is 0. The molecule has 0 aliphatic heterocycles. The Balaban J connectivity index is 5.24. The van der Waals surface area contributed by atoms with E-state index in [4.69, 9.17) is 37.0 Å². The van der Waals surface area contributed by atoms with Crippen LogP contribution in [-0.4, -0.2) is 96.7 Å². The fourth-order valence-corrected chi connectivity index (χ4v) is 13.5. The van der Waals surface area contributed by atoms with Crippen molar-refractivity contribution in [3.63, 3.8) is 0 Å². The van der Waals surface area contributed by atoms with Gasteiger partial charge in [0.15, 0.2) is 12.2 Å². The van der Waals surface area contributed by atoms with Gasteiger partial charge in [-0.1, -0.05) is 350 Å². The molecule has 0 amide bonds. The van der Waals surface area contributed by atoms with Crippen LogP contribution >= 0.6 is 15.6 Å². The summed E-state index contributed by atoms with van der Waals surface area (Å²) in [5, 5.41) is 10.6. The van der Waals surface area contributed by atoms with Gasteiger partial charge < -0.3 is 33.8 Å². The van der Waals surface area contributed by atoms with Gasteiger partial charge in [-0.3, -0.25) is 37.3 Å². The third kappa shape index (κ3) is 72.2. The summed E-state index contributed by atoms with van der Waals surface area (Å²) in [4.78, 5) is 72.9. The minimum Gasteiger partial charge on any atom is -0.462 e. The zero-order valence-electron chi connectivity index (χ0n) is 63.5. The van der Waals surface area contributed by atoms with Crippen LogP contribution in [0.3, 0.4) is 0 Å². The van der Waals surface area contributed by atoms with Crippen LogP contribution in [0.25, 0.3) is 0 Å². The third-order valence-corrected chi connectivity index (χ3v) is 20.0. The first-order valence-corrected chi connectivity index (χ1v) is 43.3. The molecule has 0 aromatic rings. The van der Waals surface area contributed by atoms with E-state index in [0.29, 0.717) is 25.7 Å². The van der Waals surface area contributed by atoms with Gasteiger partial charge >= 0.3 is 39.5 Å².